The lowest BCUT2D eigenvalue weighted by atomic mass is 9.93. The summed E-state index contributed by atoms with van der Waals surface area (Å²) >= 11 is 1.48. The first-order valence-corrected chi connectivity index (χ1v) is 9.49. The van der Waals surface area contributed by atoms with E-state index in [0.717, 1.165) is 4.88 Å². The number of carbonyl (C=O) groups is 2. The van der Waals surface area contributed by atoms with E-state index in [1.165, 1.54) is 11.3 Å². The Morgan fingerprint density at radius 1 is 1.30 bits per heavy atom. The number of nitrogens with one attached hydrogen (secondary N) is 1. The van der Waals surface area contributed by atoms with Gasteiger partial charge in [-0.3, -0.25) is 0 Å². The number of hydrogen-bond acceptors (Lipinski definition) is 8. The summed E-state index contributed by atoms with van der Waals surface area (Å²) in [5, 5.41) is 4.95. The molecule has 4 rings (SSSR count). The van der Waals surface area contributed by atoms with Gasteiger partial charge in [0.05, 0.1) is 6.10 Å². The number of fused-ring (bicyclic) bond motifs is 1. The number of esters is 2. The molecule has 7 nitrogen and oxygen atoms in total. The largest absolute Gasteiger partial charge is 0.461 e. The second-order valence-corrected chi connectivity index (χ2v) is 7.65. The van der Waals surface area contributed by atoms with Crippen molar-refractivity contribution in [2.24, 2.45) is 0 Å². The van der Waals surface area contributed by atoms with Crippen molar-refractivity contribution in [3.05, 3.63) is 40.6 Å². The van der Waals surface area contributed by atoms with Crippen molar-refractivity contribution in [3.63, 3.8) is 0 Å². The molecule has 8 heteroatoms. The summed E-state index contributed by atoms with van der Waals surface area (Å²) in [4.78, 5) is 26.6. The highest BCUT2D eigenvalue weighted by Crippen LogP contribution is 2.42. The topological polar surface area (TPSA) is 83.1 Å². The molecule has 1 aromatic carbocycles. The fraction of sp³-hybridized carbons (Fsp3) is 0.368. The van der Waals surface area contributed by atoms with E-state index in [1.807, 2.05) is 17.5 Å². The number of cyclic esters (lactones) is 1. The van der Waals surface area contributed by atoms with E-state index in [-0.39, 0.29) is 19.3 Å². The number of thiophene rings is 1. The van der Waals surface area contributed by atoms with Crippen molar-refractivity contribution in [1.82, 2.24) is 0 Å². The van der Waals surface area contributed by atoms with Crippen molar-refractivity contribution < 1.29 is 28.5 Å². The Hall–Kier alpha value is -2.74. The first-order valence-electron chi connectivity index (χ1n) is 8.61. The molecule has 0 unspecified atom stereocenters. The number of hydrogen-bond donors (Lipinski definition) is 1. The fourth-order valence-electron chi connectivity index (χ4n) is 3.12. The molecule has 0 amide bonds. The number of carbonyl (C=O) groups excluding carboxylic acids is 2. The van der Waals surface area contributed by atoms with Gasteiger partial charge in [0.15, 0.2) is 11.5 Å². The van der Waals surface area contributed by atoms with Crippen LogP contribution in [0, 0.1) is 0 Å². The Morgan fingerprint density at radius 3 is 2.85 bits per heavy atom. The molecule has 2 atom stereocenters. The molecule has 1 fully saturated rings. The van der Waals surface area contributed by atoms with Gasteiger partial charge in [0.2, 0.25) is 12.3 Å². The van der Waals surface area contributed by atoms with E-state index in [1.54, 1.807) is 32.0 Å². The van der Waals surface area contributed by atoms with E-state index in [4.69, 9.17) is 18.9 Å². The van der Waals surface area contributed by atoms with Gasteiger partial charge in [0.25, 0.3) is 0 Å². The van der Waals surface area contributed by atoms with Gasteiger partial charge in [-0.05, 0) is 37.4 Å². The molecule has 27 heavy (non-hydrogen) atoms. The van der Waals surface area contributed by atoms with Crippen molar-refractivity contribution in [3.8, 4) is 11.5 Å². The molecule has 2 aliphatic rings. The summed E-state index contributed by atoms with van der Waals surface area (Å²) in [5.74, 6) is -0.137. The van der Waals surface area contributed by atoms with E-state index in [2.05, 4.69) is 5.32 Å². The SMILES string of the molecule is CC(C)OC(=O)[C@@]1(Nc2ccc3c(c2)OCO3)C[C@H](c2cccs2)OC1=O. The molecule has 2 aromatic rings. The Kier molecular flexibility index (Phi) is 4.43. The maximum atomic E-state index is 12.9. The van der Waals surface area contributed by atoms with Crippen LogP contribution < -0.4 is 14.8 Å². The maximum Gasteiger partial charge on any atom is 0.344 e. The minimum atomic E-state index is -1.62. The average Bonchev–Trinajstić information content (AvgIpc) is 3.34. The average molecular weight is 389 g/mol. The highest BCUT2D eigenvalue weighted by molar-refractivity contribution is 7.10. The summed E-state index contributed by atoms with van der Waals surface area (Å²) in [6.07, 6.45) is -0.716. The fourth-order valence-corrected chi connectivity index (χ4v) is 3.88. The van der Waals surface area contributed by atoms with Crippen LogP contribution in [0.25, 0.3) is 0 Å². The number of anilines is 1. The molecule has 1 N–H and O–H groups in total. The first-order chi connectivity index (χ1) is 13.0. The summed E-state index contributed by atoms with van der Waals surface area (Å²) < 4.78 is 21.6. The molecule has 0 radical (unpaired) electrons. The molecule has 0 spiro atoms. The third kappa shape index (κ3) is 3.21. The molecular formula is C19H19NO6S. The zero-order valence-electron chi connectivity index (χ0n) is 14.9. The summed E-state index contributed by atoms with van der Waals surface area (Å²) in [5.41, 5.74) is -1.07. The third-order valence-corrected chi connectivity index (χ3v) is 5.34. The smallest absolute Gasteiger partial charge is 0.344 e. The lowest BCUT2D eigenvalue weighted by Gasteiger charge is -2.26. The molecule has 0 aliphatic carbocycles. The molecule has 3 heterocycles. The van der Waals surface area contributed by atoms with Gasteiger partial charge in [-0.15, -0.1) is 11.3 Å². The van der Waals surface area contributed by atoms with Crippen molar-refractivity contribution in [2.75, 3.05) is 12.1 Å². The van der Waals surface area contributed by atoms with Crippen LogP contribution in [0.1, 0.15) is 31.2 Å². The molecular weight excluding hydrogens is 370 g/mol. The summed E-state index contributed by atoms with van der Waals surface area (Å²) in [7, 11) is 0. The highest BCUT2D eigenvalue weighted by Gasteiger charge is 2.57. The van der Waals surface area contributed by atoms with E-state index in [9.17, 15) is 9.59 Å². The maximum absolute atomic E-state index is 12.9. The van der Waals surface area contributed by atoms with Crippen LogP contribution in [0.2, 0.25) is 0 Å². The number of ether oxygens (including phenoxy) is 4. The zero-order valence-corrected chi connectivity index (χ0v) is 15.7. The van der Waals surface area contributed by atoms with Gasteiger partial charge in [-0.1, -0.05) is 6.07 Å². The van der Waals surface area contributed by atoms with Crippen LogP contribution in [0.4, 0.5) is 5.69 Å². The lowest BCUT2D eigenvalue weighted by Crippen LogP contribution is -2.52. The van der Waals surface area contributed by atoms with Crippen LogP contribution in [0.15, 0.2) is 35.7 Å². The molecule has 2 aliphatic heterocycles. The molecule has 142 valence electrons. The van der Waals surface area contributed by atoms with Crippen LogP contribution in [-0.2, 0) is 19.1 Å². The van der Waals surface area contributed by atoms with Gasteiger partial charge >= 0.3 is 11.9 Å². The van der Waals surface area contributed by atoms with Crippen molar-refractivity contribution in [2.45, 2.75) is 38.0 Å². The van der Waals surface area contributed by atoms with Crippen LogP contribution >= 0.6 is 11.3 Å². The highest BCUT2D eigenvalue weighted by atomic mass is 32.1. The number of rotatable bonds is 5. The van der Waals surface area contributed by atoms with Crippen LogP contribution in [0.5, 0.6) is 11.5 Å². The van der Waals surface area contributed by atoms with Crippen LogP contribution in [0.3, 0.4) is 0 Å². The molecule has 0 bridgehead atoms. The van der Waals surface area contributed by atoms with Gasteiger partial charge in [-0.25, -0.2) is 9.59 Å². The van der Waals surface area contributed by atoms with Crippen LogP contribution in [-0.4, -0.2) is 30.4 Å². The predicted molar refractivity (Wildman–Crippen MR) is 97.9 cm³/mol. The second kappa shape index (κ2) is 6.77. The zero-order chi connectivity index (χ0) is 19.0. The molecule has 0 saturated carbocycles. The van der Waals surface area contributed by atoms with Crippen molar-refractivity contribution in [1.29, 1.82) is 0 Å². The number of benzene rings is 1. The summed E-state index contributed by atoms with van der Waals surface area (Å²) in [6, 6.07) is 8.91. The minimum absolute atomic E-state index is 0.141. The van der Waals surface area contributed by atoms with Gasteiger partial charge in [-0.2, -0.15) is 0 Å². The predicted octanol–water partition coefficient (Wildman–Crippen LogP) is 3.27. The van der Waals surface area contributed by atoms with E-state index in [0.29, 0.717) is 17.2 Å². The monoisotopic (exact) mass is 389 g/mol. The Bertz CT molecular complexity index is 865. The summed E-state index contributed by atoms with van der Waals surface area (Å²) in [6.45, 7) is 3.62. The third-order valence-electron chi connectivity index (χ3n) is 4.37. The Morgan fingerprint density at radius 2 is 2.11 bits per heavy atom. The normalized spacial score (nSPS) is 23.4. The van der Waals surface area contributed by atoms with Gasteiger partial charge < -0.3 is 24.3 Å². The van der Waals surface area contributed by atoms with E-state index >= 15 is 0 Å². The standard InChI is InChI=1S/C19H19NO6S/c1-11(2)25-17(21)19(9-15(26-18(19)22)16-4-3-7-27-16)20-12-5-6-13-14(8-12)24-10-23-13/h3-8,11,15,20H,9-10H2,1-2H3/t15-,19+/m1/s1. The Balaban J connectivity index is 1.66. The Labute approximate surface area is 160 Å². The van der Waals surface area contributed by atoms with Crippen molar-refractivity contribution >= 4 is 29.0 Å². The second-order valence-electron chi connectivity index (χ2n) is 6.67. The minimum Gasteiger partial charge on any atom is -0.461 e. The quantitative estimate of drug-likeness (QED) is 0.621. The van der Waals surface area contributed by atoms with Gasteiger partial charge in [0.1, 0.15) is 6.10 Å². The van der Waals surface area contributed by atoms with Gasteiger partial charge in [0, 0.05) is 23.1 Å². The lowest BCUT2D eigenvalue weighted by molar-refractivity contribution is -0.159. The molecule has 1 saturated heterocycles. The molecule has 1 aromatic heterocycles. The first kappa shape index (κ1) is 17.7. The van der Waals surface area contributed by atoms with E-state index < -0.39 is 23.6 Å².